The smallest absolute Gasteiger partial charge is 0.320 e. The highest BCUT2D eigenvalue weighted by molar-refractivity contribution is 7.91. The maximum Gasteiger partial charge on any atom is 0.320 e. The second-order valence-electron chi connectivity index (χ2n) is 4.63. The van der Waals surface area contributed by atoms with E-state index in [-0.39, 0.29) is 36.7 Å². The average molecular weight is 283 g/mol. The van der Waals surface area contributed by atoms with Crippen LogP contribution in [0.2, 0.25) is 0 Å². The maximum atomic E-state index is 11.5. The van der Waals surface area contributed by atoms with Gasteiger partial charge in [0.25, 0.3) is 0 Å². The molecule has 0 aromatic heterocycles. The summed E-state index contributed by atoms with van der Waals surface area (Å²) in [6, 6.07) is 9.28. The fourth-order valence-corrected chi connectivity index (χ4v) is 3.68. The van der Waals surface area contributed by atoms with E-state index in [1.54, 1.807) is 0 Å². The summed E-state index contributed by atoms with van der Waals surface area (Å²) in [5.41, 5.74) is 0.930. The predicted molar refractivity (Wildman–Crippen MR) is 71.3 cm³/mol. The van der Waals surface area contributed by atoms with Gasteiger partial charge in [0.1, 0.15) is 6.61 Å². The minimum atomic E-state index is -2.91. The van der Waals surface area contributed by atoms with Gasteiger partial charge in [-0.05, 0) is 12.0 Å². The Labute approximate surface area is 112 Å². The number of esters is 1. The first-order valence-electron chi connectivity index (χ1n) is 6.18. The SMILES string of the molecule is O=C(CNC1CCS(=O)(=O)C1)OCc1ccccc1. The van der Waals surface area contributed by atoms with E-state index in [2.05, 4.69) is 5.32 Å². The average Bonchev–Trinajstić information content (AvgIpc) is 2.75. The molecule has 0 saturated carbocycles. The number of rotatable bonds is 5. The van der Waals surface area contributed by atoms with Crippen LogP contribution in [-0.2, 0) is 26.0 Å². The monoisotopic (exact) mass is 283 g/mol. The van der Waals surface area contributed by atoms with Crippen LogP contribution in [0.15, 0.2) is 30.3 Å². The molecule has 5 nitrogen and oxygen atoms in total. The molecule has 1 saturated heterocycles. The fraction of sp³-hybridized carbons (Fsp3) is 0.462. The summed E-state index contributed by atoms with van der Waals surface area (Å²) in [5.74, 6) is -0.0592. The van der Waals surface area contributed by atoms with Gasteiger partial charge in [0, 0.05) is 6.04 Å². The number of sulfone groups is 1. The lowest BCUT2D eigenvalue weighted by Crippen LogP contribution is -2.35. The summed E-state index contributed by atoms with van der Waals surface area (Å²) >= 11 is 0. The first-order valence-corrected chi connectivity index (χ1v) is 8.01. The molecule has 2 rings (SSSR count). The molecule has 0 spiro atoms. The summed E-state index contributed by atoms with van der Waals surface area (Å²) in [6.45, 7) is 0.289. The topological polar surface area (TPSA) is 72.5 Å². The van der Waals surface area contributed by atoms with Crippen LogP contribution in [0.4, 0.5) is 0 Å². The van der Waals surface area contributed by atoms with Crippen molar-refractivity contribution in [3.05, 3.63) is 35.9 Å². The van der Waals surface area contributed by atoms with E-state index in [0.717, 1.165) is 5.56 Å². The molecule has 1 aromatic carbocycles. The van der Waals surface area contributed by atoms with E-state index in [1.807, 2.05) is 30.3 Å². The van der Waals surface area contributed by atoms with Crippen molar-refractivity contribution in [2.75, 3.05) is 18.1 Å². The Bertz CT molecular complexity index is 527. The van der Waals surface area contributed by atoms with Crippen molar-refractivity contribution in [1.82, 2.24) is 5.32 Å². The van der Waals surface area contributed by atoms with E-state index in [1.165, 1.54) is 0 Å². The quantitative estimate of drug-likeness (QED) is 0.797. The van der Waals surface area contributed by atoms with Crippen LogP contribution in [0.1, 0.15) is 12.0 Å². The predicted octanol–water partition coefficient (Wildman–Crippen LogP) is 0.507. The number of hydrogen-bond acceptors (Lipinski definition) is 5. The number of ether oxygens (including phenoxy) is 1. The molecule has 1 atom stereocenters. The third kappa shape index (κ3) is 4.65. The lowest BCUT2D eigenvalue weighted by molar-refractivity contribution is -0.143. The highest BCUT2D eigenvalue weighted by Gasteiger charge is 2.27. The zero-order valence-corrected chi connectivity index (χ0v) is 11.4. The molecule has 0 aliphatic carbocycles. The Morgan fingerprint density at radius 3 is 2.68 bits per heavy atom. The zero-order valence-electron chi connectivity index (χ0n) is 10.5. The minimum Gasteiger partial charge on any atom is -0.460 e. The number of hydrogen-bond donors (Lipinski definition) is 1. The molecule has 6 heteroatoms. The van der Waals surface area contributed by atoms with Crippen LogP contribution in [0, 0.1) is 0 Å². The number of benzene rings is 1. The molecular formula is C13H17NO4S. The lowest BCUT2D eigenvalue weighted by Gasteiger charge is -2.10. The van der Waals surface area contributed by atoms with Crippen LogP contribution >= 0.6 is 0 Å². The second kappa shape index (κ2) is 6.16. The molecular weight excluding hydrogens is 266 g/mol. The van der Waals surface area contributed by atoms with Crippen molar-refractivity contribution in [3.63, 3.8) is 0 Å². The molecule has 104 valence electrons. The van der Waals surface area contributed by atoms with Gasteiger partial charge < -0.3 is 10.1 Å². The molecule has 1 heterocycles. The van der Waals surface area contributed by atoms with E-state index < -0.39 is 9.84 Å². The first-order chi connectivity index (χ1) is 9.05. The Balaban J connectivity index is 1.68. The van der Waals surface area contributed by atoms with Crippen molar-refractivity contribution in [2.45, 2.75) is 19.1 Å². The minimum absolute atomic E-state index is 0.0486. The third-order valence-electron chi connectivity index (χ3n) is 3.01. The standard InChI is InChI=1S/C13H17NO4S/c15-13(18-9-11-4-2-1-3-5-11)8-14-12-6-7-19(16,17)10-12/h1-5,12,14H,6-10H2. The molecule has 1 unspecified atom stereocenters. The molecule has 0 bridgehead atoms. The highest BCUT2D eigenvalue weighted by atomic mass is 32.2. The van der Waals surface area contributed by atoms with Crippen LogP contribution < -0.4 is 5.32 Å². The van der Waals surface area contributed by atoms with E-state index >= 15 is 0 Å². The van der Waals surface area contributed by atoms with Crippen LogP contribution in [0.25, 0.3) is 0 Å². The zero-order chi connectivity index (χ0) is 13.7. The Morgan fingerprint density at radius 1 is 1.32 bits per heavy atom. The molecule has 1 N–H and O–H groups in total. The lowest BCUT2D eigenvalue weighted by atomic mass is 10.2. The first kappa shape index (κ1) is 14.0. The van der Waals surface area contributed by atoms with Crippen LogP contribution in [0.3, 0.4) is 0 Å². The van der Waals surface area contributed by atoms with Crippen molar-refractivity contribution < 1.29 is 17.9 Å². The molecule has 0 amide bonds. The Kier molecular flexibility index (Phi) is 4.55. The highest BCUT2D eigenvalue weighted by Crippen LogP contribution is 2.10. The maximum absolute atomic E-state index is 11.5. The van der Waals surface area contributed by atoms with E-state index in [4.69, 9.17) is 4.74 Å². The molecule has 0 radical (unpaired) electrons. The fourth-order valence-electron chi connectivity index (χ4n) is 1.97. The summed E-state index contributed by atoms with van der Waals surface area (Å²) in [5, 5.41) is 2.92. The van der Waals surface area contributed by atoms with Gasteiger partial charge in [-0.25, -0.2) is 8.42 Å². The summed E-state index contributed by atoms with van der Waals surface area (Å²) in [4.78, 5) is 11.5. The molecule has 1 aromatic rings. The van der Waals surface area contributed by atoms with Crippen molar-refractivity contribution in [2.24, 2.45) is 0 Å². The van der Waals surface area contributed by atoms with Gasteiger partial charge in [-0.2, -0.15) is 0 Å². The number of nitrogens with one attached hydrogen (secondary N) is 1. The van der Waals surface area contributed by atoms with Crippen LogP contribution in [0.5, 0.6) is 0 Å². The van der Waals surface area contributed by atoms with Crippen molar-refractivity contribution in [1.29, 1.82) is 0 Å². The van der Waals surface area contributed by atoms with Gasteiger partial charge >= 0.3 is 5.97 Å². The molecule has 1 aliphatic heterocycles. The molecule has 1 aliphatic rings. The van der Waals surface area contributed by atoms with Gasteiger partial charge in [-0.15, -0.1) is 0 Å². The van der Waals surface area contributed by atoms with Crippen LogP contribution in [-0.4, -0.2) is 38.5 Å². The number of carbonyl (C=O) groups excluding carboxylic acids is 1. The van der Waals surface area contributed by atoms with Gasteiger partial charge in [-0.1, -0.05) is 30.3 Å². The third-order valence-corrected chi connectivity index (χ3v) is 4.78. The van der Waals surface area contributed by atoms with Gasteiger partial charge in [-0.3, -0.25) is 4.79 Å². The Morgan fingerprint density at radius 2 is 2.05 bits per heavy atom. The largest absolute Gasteiger partial charge is 0.460 e. The van der Waals surface area contributed by atoms with Crippen molar-refractivity contribution in [3.8, 4) is 0 Å². The molecule has 19 heavy (non-hydrogen) atoms. The van der Waals surface area contributed by atoms with E-state index in [9.17, 15) is 13.2 Å². The number of carbonyl (C=O) groups is 1. The summed E-state index contributed by atoms with van der Waals surface area (Å²) in [6.07, 6.45) is 0.564. The molecule has 1 fully saturated rings. The van der Waals surface area contributed by atoms with Gasteiger partial charge in [0.05, 0.1) is 18.1 Å². The normalized spacial score (nSPS) is 21.2. The van der Waals surface area contributed by atoms with Gasteiger partial charge in [0.2, 0.25) is 0 Å². The summed E-state index contributed by atoms with van der Waals surface area (Å²) in [7, 11) is -2.91. The Hall–Kier alpha value is -1.40. The van der Waals surface area contributed by atoms with Crippen molar-refractivity contribution >= 4 is 15.8 Å². The summed E-state index contributed by atoms with van der Waals surface area (Å²) < 4.78 is 27.6. The second-order valence-corrected chi connectivity index (χ2v) is 6.86. The van der Waals surface area contributed by atoms with Gasteiger partial charge in [0.15, 0.2) is 9.84 Å². The van der Waals surface area contributed by atoms with E-state index in [0.29, 0.717) is 6.42 Å².